The lowest BCUT2D eigenvalue weighted by Gasteiger charge is -2.11. The molecule has 0 radical (unpaired) electrons. The third kappa shape index (κ3) is 4.43. The van der Waals surface area contributed by atoms with Crippen LogP contribution in [0.5, 0.6) is 0 Å². The Morgan fingerprint density at radius 3 is 2.80 bits per heavy atom. The van der Waals surface area contributed by atoms with Gasteiger partial charge in [-0.3, -0.25) is 4.99 Å². The zero-order valence-corrected chi connectivity index (χ0v) is 12.5. The summed E-state index contributed by atoms with van der Waals surface area (Å²) >= 11 is 0. The average Bonchev–Trinajstić information content (AvgIpc) is 2.94. The van der Waals surface area contributed by atoms with Crippen LogP contribution in [0.2, 0.25) is 0 Å². The van der Waals surface area contributed by atoms with Gasteiger partial charge in [-0.15, -0.1) is 0 Å². The van der Waals surface area contributed by atoms with Crippen LogP contribution in [-0.4, -0.2) is 12.3 Å². The maximum absolute atomic E-state index is 9.44. The van der Waals surface area contributed by atoms with E-state index in [9.17, 15) is 5.26 Å². The van der Waals surface area contributed by atoms with Crippen molar-refractivity contribution in [3.63, 3.8) is 0 Å². The number of furan rings is 1. The SMILES string of the molecule is C\C=C/N=C(\C(C#N)=C(/C)NCC(C)C)c1ccco1. The van der Waals surface area contributed by atoms with E-state index < -0.39 is 0 Å². The Hall–Kier alpha value is -2.28. The molecule has 0 aliphatic carbocycles. The minimum Gasteiger partial charge on any atom is -0.463 e. The van der Waals surface area contributed by atoms with Gasteiger partial charge in [-0.2, -0.15) is 5.26 Å². The standard InChI is InChI=1S/C16H21N3O/c1-5-8-18-16(15-7-6-9-20-15)14(10-17)13(4)19-11-12(2)3/h5-9,12,19H,11H2,1-4H3/b8-5-,14-13+,18-16+. The molecule has 0 spiro atoms. The summed E-state index contributed by atoms with van der Waals surface area (Å²) in [4.78, 5) is 4.33. The third-order valence-corrected chi connectivity index (χ3v) is 2.61. The quantitative estimate of drug-likeness (QED) is 0.634. The molecule has 1 aromatic heterocycles. The number of aliphatic imine (C=N–C) groups is 1. The Labute approximate surface area is 120 Å². The van der Waals surface area contributed by atoms with Crippen molar-refractivity contribution in [2.75, 3.05) is 6.54 Å². The molecule has 0 aliphatic rings. The first-order valence-corrected chi connectivity index (χ1v) is 6.68. The van der Waals surface area contributed by atoms with E-state index in [0.717, 1.165) is 12.2 Å². The Morgan fingerprint density at radius 1 is 1.55 bits per heavy atom. The molecule has 0 atom stereocenters. The molecule has 0 saturated carbocycles. The first-order chi connectivity index (χ1) is 9.60. The Balaban J connectivity index is 3.16. The van der Waals surface area contributed by atoms with Crippen LogP contribution in [0.15, 0.2) is 51.4 Å². The number of hydrogen-bond donors (Lipinski definition) is 1. The zero-order valence-electron chi connectivity index (χ0n) is 12.5. The van der Waals surface area contributed by atoms with Crippen molar-refractivity contribution in [1.29, 1.82) is 5.26 Å². The summed E-state index contributed by atoms with van der Waals surface area (Å²) in [6.45, 7) is 8.81. The largest absolute Gasteiger partial charge is 0.463 e. The molecular formula is C16H21N3O. The molecule has 0 aromatic carbocycles. The maximum atomic E-state index is 9.44. The van der Waals surface area contributed by atoms with Crippen molar-refractivity contribution in [2.24, 2.45) is 10.9 Å². The highest BCUT2D eigenvalue weighted by Crippen LogP contribution is 2.13. The number of rotatable bonds is 6. The third-order valence-electron chi connectivity index (χ3n) is 2.61. The lowest BCUT2D eigenvalue weighted by Crippen LogP contribution is -2.21. The molecule has 1 rings (SSSR count). The van der Waals surface area contributed by atoms with Gasteiger partial charge in [0.1, 0.15) is 17.4 Å². The lowest BCUT2D eigenvalue weighted by molar-refractivity contribution is 0.557. The van der Waals surface area contributed by atoms with E-state index in [1.165, 1.54) is 0 Å². The molecule has 1 aromatic rings. The molecule has 0 fully saturated rings. The minimum absolute atomic E-state index is 0.499. The van der Waals surface area contributed by atoms with Crippen molar-refractivity contribution in [3.8, 4) is 6.07 Å². The minimum atomic E-state index is 0.499. The second-order valence-corrected chi connectivity index (χ2v) is 4.82. The van der Waals surface area contributed by atoms with Gasteiger partial charge in [-0.05, 0) is 31.9 Å². The Morgan fingerprint density at radius 2 is 2.30 bits per heavy atom. The highest BCUT2D eigenvalue weighted by molar-refractivity contribution is 6.14. The van der Waals surface area contributed by atoms with E-state index in [0.29, 0.717) is 23.0 Å². The fourth-order valence-electron chi connectivity index (χ4n) is 1.57. The van der Waals surface area contributed by atoms with Gasteiger partial charge in [0.25, 0.3) is 0 Å². The summed E-state index contributed by atoms with van der Waals surface area (Å²) in [5.74, 6) is 1.09. The molecule has 1 heterocycles. The molecule has 106 valence electrons. The van der Waals surface area contributed by atoms with Crippen LogP contribution in [-0.2, 0) is 0 Å². The van der Waals surface area contributed by atoms with E-state index in [1.807, 2.05) is 19.9 Å². The summed E-state index contributed by atoms with van der Waals surface area (Å²) in [6, 6.07) is 5.80. The van der Waals surface area contributed by atoms with Crippen molar-refractivity contribution in [2.45, 2.75) is 27.7 Å². The highest BCUT2D eigenvalue weighted by Gasteiger charge is 2.15. The van der Waals surface area contributed by atoms with Gasteiger partial charge in [-0.1, -0.05) is 19.9 Å². The Bertz CT molecular complexity index is 543. The first-order valence-electron chi connectivity index (χ1n) is 6.68. The number of nitrogens with zero attached hydrogens (tertiary/aromatic N) is 2. The normalized spacial score (nSPS) is 13.5. The van der Waals surface area contributed by atoms with Crippen LogP contribution < -0.4 is 5.32 Å². The van der Waals surface area contributed by atoms with Gasteiger partial charge in [0.05, 0.1) is 6.26 Å². The molecule has 1 N–H and O–H groups in total. The molecule has 4 heteroatoms. The van der Waals surface area contributed by atoms with E-state index in [1.54, 1.807) is 24.6 Å². The van der Waals surface area contributed by atoms with E-state index in [4.69, 9.17) is 4.42 Å². The molecule has 20 heavy (non-hydrogen) atoms. The monoisotopic (exact) mass is 271 g/mol. The lowest BCUT2D eigenvalue weighted by atomic mass is 10.1. The van der Waals surface area contributed by atoms with Crippen LogP contribution >= 0.6 is 0 Å². The van der Waals surface area contributed by atoms with Crippen LogP contribution in [0.4, 0.5) is 0 Å². The summed E-state index contributed by atoms with van der Waals surface area (Å²) < 4.78 is 5.37. The average molecular weight is 271 g/mol. The van der Waals surface area contributed by atoms with E-state index >= 15 is 0 Å². The molecule has 0 bridgehead atoms. The van der Waals surface area contributed by atoms with Crippen LogP contribution in [0.3, 0.4) is 0 Å². The fourth-order valence-corrected chi connectivity index (χ4v) is 1.57. The Kier molecular flexibility index (Phi) is 6.31. The van der Waals surface area contributed by atoms with Crippen molar-refractivity contribution < 1.29 is 4.42 Å². The van der Waals surface area contributed by atoms with Crippen molar-refractivity contribution in [1.82, 2.24) is 5.32 Å². The van der Waals surface area contributed by atoms with Gasteiger partial charge < -0.3 is 9.73 Å². The predicted molar refractivity (Wildman–Crippen MR) is 81.2 cm³/mol. The van der Waals surface area contributed by atoms with Crippen LogP contribution in [0.1, 0.15) is 33.5 Å². The van der Waals surface area contributed by atoms with E-state index in [2.05, 4.69) is 30.2 Å². The number of hydrogen-bond acceptors (Lipinski definition) is 4. The zero-order chi connectivity index (χ0) is 15.0. The summed E-state index contributed by atoms with van der Waals surface area (Å²) in [5, 5.41) is 12.7. The maximum Gasteiger partial charge on any atom is 0.153 e. The van der Waals surface area contributed by atoms with Gasteiger partial charge >= 0.3 is 0 Å². The summed E-state index contributed by atoms with van der Waals surface area (Å²) in [7, 11) is 0. The number of nitrogens with one attached hydrogen (secondary N) is 1. The van der Waals surface area contributed by atoms with Crippen LogP contribution in [0, 0.1) is 17.2 Å². The fraction of sp³-hybridized carbons (Fsp3) is 0.375. The molecular weight excluding hydrogens is 250 g/mol. The number of nitriles is 1. The molecule has 0 amide bonds. The smallest absolute Gasteiger partial charge is 0.153 e. The van der Waals surface area contributed by atoms with Gasteiger partial charge in [0.2, 0.25) is 0 Å². The van der Waals surface area contributed by atoms with Gasteiger partial charge in [-0.25, -0.2) is 0 Å². The topological polar surface area (TPSA) is 61.3 Å². The van der Waals surface area contributed by atoms with Gasteiger partial charge in [0.15, 0.2) is 5.76 Å². The second kappa shape index (κ2) is 8.00. The summed E-state index contributed by atoms with van der Waals surface area (Å²) in [5.41, 5.74) is 1.85. The van der Waals surface area contributed by atoms with E-state index in [-0.39, 0.29) is 0 Å². The van der Waals surface area contributed by atoms with Crippen molar-refractivity contribution in [3.05, 3.63) is 47.7 Å². The molecule has 4 nitrogen and oxygen atoms in total. The second-order valence-electron chi connectivity index (χ2n) is 4.82. The molecule has 0 aliphatic heterocycles. The highest BCUT2D eigenvalue weighted by atomic mass is 16.3. The summed E-state index contributed by atoms with van der Waals surface area (Å²) in [6.07, 6.45) is 5.05. The first kappa shape index (κ1) is 15.8. The van der Waals surface area contributed by atoms with Gasteiger partial charge in [0, 0.05) is 18.4 Å². The van der Waals surface area contributed by atoms with Crippen molar-refractivity contribution >= 4 is 5.71 Å². The predicted octanol–water partition coefficient (Wildman–Crippen LogP) is 3.65. The molecule has 0 saturated heterocycles. The van der Waals surface area contributed by atoms with Crippen LogP contribution in [0.25, 0.3) is 0 Å². The number of allylic oxidation sites excluding steroid dienone is 3. The molecule has 0 unspecified atom stereocenters.